The van der Waals surface area contributed by atoms with Crippen LogP contribution in [0.5, 0.6) is 0 Å². The number of carbonyl (C=O) groups excluding carboxylic acids is 3. The number of rotatable bonds is 52. The van der Waals surface area contributed by atoms with Crippen molar-refractivity contribution in [3.05, 3.63) is 134 Å². The molecule has 0 aliphatic carbocycles. The van der Waals surface area contributed by atoms with Crippen LogP contribution in [0.4, 0.5) is 0 Å². The van der Waals surface area contributed by atoms with Crippen LogP contribution < -0.4 is 0 Å². The zero-order valence-electron chi connectivity index (χ0n) is 47.1. The number of esters is 3. The van der Waals surface area contributed by atoms with Crippen LogP contribution in [-0.4, -0.2) is 37.2 Å². The highest BCUT2D eigenvalue weighted by Crippen LogP contribution is 2.15. The molecule has 1 unspecified atom stereocenters. The van der Waals surface area contributed by atoms with Crippen LogP contribution in [0.25, 0.3) is 0 Å². The lowest BCUT2D eigenvalue weighted by Crippen LogP contribution is -2.30. The van der Waals surface area contributed by atoms with E-state index in [9.17, 15) is 14.4 Å². The Morgan fingerprint density at radius 2 is 0.534 bits per heavy atom. The van der Waals surface area contributed by atoms with Gasteiger partial charge < -0.3 is 14.2 Å². The zero-order chi connectivity index (χ0) is 52.9. The van der Waals surface area contributed by atoms with Gasteiger partial charge in [-0.15, -0.1) is 0 Å². The second-order valence-corrected chi connectivity index (χ2v) is 19.1. The Balaban J connectivity index is 4.51. The van der Waals surface area contributed by atoms with Gasteiger partial charge in [0, 0.05) is 19.3 Å². The van der Waals surface area contributed by atoms with E-state index in [0.717, 1.165) is 141 Å². The summed E-state index contributed by atoms with van der Waals surface area (Å²) in [7, 11) is 0. The molecule has 0 N–H and O–H groups in total. The van der Waals surface area contributed by atoms with E-state index in [1.807, 2.05) is 0 Å². The van der Waals surface area contributed by atoms with Crippen molar-refractivity contribution in [2.45, 2.75) is 258 Å². The summed E-state index contributed by atoms with van der Waals surface area (Å²) in [5.74, 6) is -0.968. The van der Waals surface area contributed by atoms with Gasteiger partial charge in [0.05, 0.1) is 0 Å². The number of carbonyl (C=O) groups is 3. The first-order valence-corrected chi connectivity index (χ1v) is 29.7. The van der Waals surface area contributed by atoms with Gasteiger partial charge >= 0.3 is 17.9 Å². The zero-order valence-corrected chi connectivity index (χ0v) is 47.1. The van der Waals surface area contributed by atoms with Crippen LogP contribution in [0.3, 0.4) is 0 Å². The Hall–Kier alpha value is -4.45. The summed E-state index contributed by atoms with van der Waals surface area (Å²) in [6.07, 6.45) is 84.4. The number of ether oxygens (including phenoxy) is 3. The van der Waals surface area contributed by atoms with Crippen molar-refractivity contribution in [2.24, 2.45) is 0 Å². The molecule has 0 radical (unpaired) electrons. The number of hydrogen-bond acceptors (Lipinski definition) is 6. The number of allylic oxidation sites excluding steroid dienone is 22. The largest absolute Gasteiger partial charge is 0.462 e. The molecule has 6 nitrogen and oxygen atoms in total. The summed E-state index contributed by atoms with van der Waals surface area (Å²) in [6, 6.07) is 0. The fourth-order valence-corrected chi connectivity index (χ4v) is 7.77. The molecule has 0 rings (SSSR count). The van der Waals surface area contributed by atoms with Crippen molar-refractivity contribution in [3.8, 4) is 0 Å². The Labute approximate surface area is 449 Å². The Bertz CT molecular complexity index is 1580. The molecule has 0 bridgehead atoms. The van der Waals surface area contributed by atoms with Gasteiger partial charge in [-0.2, -0.15) is 0 Å². The Morgan fingerprint density at radius 3 is 0.863 bits per heavy atom. The Kier molecular flexibility index (Phi) is 56.4. The maximum atomic E-state index is 12.9. The highest BCUT2D eigenvalue weighted by Gasteiger charge is 2.19. The minimum atomic E-state index is -0.811. The summed E-state index contributed by atoms with van der Waals surface area (Å²) >= 11 is 0. The second kappa shape index (κ2) is 60.1. The van der Waals surface area contributed by atoms with E-state index in [2.05, 4.69) is 154 Å². The molecule has 0 fully saturated rings. The van der Waals surface area contributed by atoms with Crippen molar-refractivity contribution in [1.82, 2.24) is 0 Å². The molecule has 0 heterocycles. The fourth-order valence-electron chi connectivity index (χ4n) is 7.77. The number of unbranched alkanes of at least 4 members (excludes halogenated alkanes) is 19. The summed E-state index contributed by atoms with van der Waals surface area (Å²) in [4.78, 5) is 38.2. The van der Waals surface area contributed by atoms with E-state index in [4.69, 9.17) is 14.2 Å². The van der Waals surface area contributed by atoms with Crippen molar-refractivity contribution in [3.63, 3.8) is 0 Å². The molecule has 1 atom stereocenters. The number of hydrogen-bond donors (Lipinski definition) is 0. The first-order valence-electron chi connectivity index (χ1n) is 29.7. The standard InChI is InChI=1S/C67H108O6/c1-4-7-10-13-16-19-22-25-27-29-31-33-35-37-39-42-45-48-51-54-57-60-66(69)72-63-64(62-71-65(68)59-56-53-50-47-44-41-24-21-18-15-12-9-6-3)73-67(70)61-58-55-52-49-46-43-40-38-36-34-32-30-28-26-23-20-17-14-11-8-5-2/h7-8,10-11,16-17,19-20,25-28,31-34,37-40,45,48,64H,4-6,9,12-15,18,21-24,29-30,35-36,41-44,46-47,49-63H2,1-3H3/b10-7-,11-8-,19-16-,20-17-,27-25-,28-26-,33-31-,34-32-,39-37-,40-38-,48-45-. The van der Waals surface area contributed by atoms with Crippen LogP contribution in [-0.2, 0) is 28.6 Å². The smallest absolute Gasteiger partial charge is 0.306 e. The minimum absolute atomic E-state index is 0.102. The molecular weight excluding hydrogens is 901 g/mol. The highest BCUT2D eigenvalue weighted by molar-refractivity contribution is 5.71. The van der Waals surface area contributed by atoms with E-state index in [-0.39, 0.29) is 31.1 Å². The van der Waals surface area contributed by atoms with E-state index in [1.54, 1.807) is 0 Å². The van der Waals surface area contributed by atoms with Crippen molar-refractivity contribution < 1.29 is 28.6 Å². The van der Waals surface area contributed by atoms with E-state index in [1.165, 1.54) is 64.2 Å². The SMILES string of the molecule is CC/C=C\C/C=C\C/C=C\C/C=C\C/C=C\C/C=C\CCCCC(=O)OCC(COC(=O)CCCCCCCCCCCCCCC)OC(=O)CCCCCCC/C=C\C/C=C\C/C=C\C/C=C\C/C=C\CC. The summed E-state index contributed by atoms with van der Waals surface area (Å²) < 4.78 is 16.8. The van der Waals surface area contributed by atoms with Crippen LogP contribution in [0.2, 0.25) is 0 Å². The maximum Gasteiger partial charge on any atom is 0.306 e. The van der Waals surface area contributed by atoms with Crippen LogP contribution in [0.15, 0.2) is 134 Å². The molecular formula is C67H108O6. The molecule has 0 aliphatic heterocycles. The van der Waals surface area contributed by atoms with Gasteiger partial charge in [0.1, 0.15) is 13.2 Å². The lowest BCUT2D eigenvalue weighted by Gasteiger charge is -2.18. The van der Waals surface area contributed by atoms with Crippen LogP contribution >= 0.6 is 0 Å². The molecule has 0 aromatic rings. The monoisotopic (exact) mass is 1010 g/mol. The summed E-state index contributed by atoms with van der Waals surface area (Å²) in [5.41, 5.74) is 0. The molecule has 0 spiro atoms. The average molecular weight is 1010 g/mol. The normalized spacial score (nSPS) is 13.1. The van der Waals surface area contributed by atoms with Gasteiger partial charge in [-0.1, -0.05) is 251 Å². The predicted molar refractivity (Wildman–Crippen MR) is 316 cm³/mol. The maximum absolute atomic E-state index is 12.9. The van der Waals surface area contributed by atoms with Gasteiger partial charge in [-0.25, -0.2) is 0 Å². The van der Waals surface area contributed by atoms with Crippen molar-refractivity contribution in [2.75, 3.05) is 13.2 Å². The first kappa shape index (κ1) is 68.6. The van der Waals surface area contributed by atoms with Gasteiger partial charge in [0.15, 0.2) is 6.10 Å². The summed E-state index contributed by atoms with van der Waals surface area (Å²) in [5, 5.41) is 0. The summed E-state index contributed by atoms with van der Waals surface area (Å²) in [6.45, 7) is 6.36. The predicted octanol–water partition coefficient (Wildman–Crippen LogP) is 20.2. The second-order valence-electron chi connectivity index (χ2n) is 19.1. The molecule has 6 heteroatoms. The van der Waals surface area contributed by atoms with Crippen molar-refractivity contribution in [1.29, 1.82) is 0 Å². The fraction of sp³-hybridized carbons (Fsp3) is 0.627. The first-order chi connectivity index (χ1) is 36.0. The van der Waals surface area contributed by atoms with Crippen LogP contribution in [0, 0.1) is 0 Å². The molecule has 0 saturated heterocycles. The average Bonchev–Trinajstić information content (AvgIpc) is 3.39. The van der Waals surface area contributed by atoms with E-state index >= 15 is 0 Å². The third kappa shape index (κ3) is 58.3. The molecule has 0 aliphatic rings. The van der Waals surface area contributed by atoms with Crippen LogP contribution in [0.1, 0.15) is 252 Å². The van der Waals surface area contributed by atoms with Gasteiger partial charge in [0.25, 0.3) is 0 Å². The quantitative estimate of drug-likeness (QED) is 0.0261. The minimum Gasteiger partial charge on any atom is -0.462 e. The van der Waals surface area contributed by atoms with Gasteiger partial charge in [0.2, 0.25) is 0 Å². The van der Waals surface area contributed by atoms with Gasteiger partial charge in [-0.3, -0.25) is 14.4 Å². The molecule has 0 aromatic carbocycles. The van der Waals surface area contributed by atoms with Crippen molar-refractivity contribution >= 4 is 17.9 Å². The molecule has 0 aromatic heterocycles. The lowest BCUT2D eigenvalue weighted by molar-refractivity contribution is -0.167. The lowest BCUT2D eigenvalue weighted by atomic mass is 10.0. The van der Waals surface area contributed by atoms with Gasteiger partial charge in [-0.05, 0) is 116 Å². The topological polar surface area (TPSA) is 78.9 Å². The Morgan fingerprint density at radius 1 is 0.288 bits per heavy atom. The molecule has 0 saturated carbocycles. The van der Waals surface area contributed by atoms with E-state index < -0.39 is 6.10 Å². The molecule has 0 amide bonds. The third-order valence-corrected chi connectivity index (χ3v) is 12.2. The highest BCUT2D eigenvalue weighted by atomic mass is 16.6. The third-order valence-electron chi connectivity index (χ3n) is 12.2. The molecule has 73 heavy (non-hydrogen) atoms. The molecule has 412 valence electrons. The van der Waals surface area contributed by atoms with E-state index in [0.29, 0.717) is 25.7 Å².